The molecule has 2 aromatic rings. The maximum atomic E-state index is 12.2. The van der Waals surface area contributed by atoms with Crippen molar-refractivity contribution in [2.45, 2.75) is 4.90 Å². The molecular weight excluding hydrogens is 375 g/mol. The van der Waals surface area contributed by atoms with Gasteiger partial charge in [-0.2, -0.15) is 0 Å². The van der Waals surface area contributed by atoms with Gasteiger partial charge in [0.15, 0.2) is 0 Å². The minimum Gasteiger partial charge on any atom is -0.388 e. The van der Waals surface area contributed by atoms with Crippen LogP contribution in [-0.2, 0) is 10.0 Å². The average Bonchev–Trinajstić information content (AvgIpc) is 2.38. The summed E-state index contributed by atoms with van der Waals surface area (Å²) in [5, 5.41) is 2.95. The second-order valence-electron chi connectivity index (χ2n) is 3.89. The maximum Gasteiger partial charge on any atom is 0.261 e. The monoisotopic (exact) mass is 388 g/mol. The first-order valence-electron chi connectivity index (χ1n) is 5.57. The number of anilines is 2. The Morgan fingerprint density at radius 2 is 1.68 bits per heavy atom. The van der Waals surface area contributed by atoms with E-state index in [1.807, 2.05) is 12.1 Å². The number of hydrogen-bond acceptors (Lipinski definition) is 3. The van der Waals surface area contributed by atoms with E-state index in [4.69, 9.17) is 0 Å². The second kappa shape index (κ2) is 5.79. The van der Waals surface area contributed by atoms with Gasteiger partial charge in [0.25, 0.3) is 10.0 Å². The largest absolute Gasteiger partial charge is 0.388 e. The van der Waals surface area contributed by atoms with Gasteiger partial charge in [0, 0.05) is 22.0 Å². The van der Waals surface area contributed by atoms with Crippen molar-refractivity contribution in [1.82, 2.24) is 0 Å². The summed E-state index contributed by atoms with van der Waals surface area (Å²) in [6.45, 7) is 0. The van der Waals surface area contributed by atoms with Gasteiger partial charge in [0.2, 0.25) is 0 Å². The molecule has 0 spiro atoms. The number of nitrogens with one attached hydrogen (secondary N) is 2. The van der Waals surface area contributed by atoms with Gasteiger partial charge in [0.05, 0.1) is 4.90 Å². The predicted molar refractivity (Wildman–Crippen MR) is 86.0 cm³/mol. The molecule has 4 nitrogen and oxygen atoms in total. The first-order valence-corrected chi connectivity index (χ1v) is 8.14. The highest BCUT2D eigenvalue weighted by Crippen LogP contribution is 2.19. The van der Waals surface area contributed by atoms with Gasteiger partial charge < -0.3 is 5.32 Å². The molecule has 2 rings (SSSR count). The van der Waals surface area contributed by atoms with E-state index in [0.717, 1.165) is 9.26 Å². The van der Waals surface area contributed by atoms with Gasteiger partial charge in [-0.25, -0.2) is 8.42 Å². The fourth-order valence-corrected chi connectivity index (χ4v) is 3.16. The lowest BCUT2D eigenvalue weighted by Gasteiger charge is -2.09. The van der Waals surface area contributed by atoms with Crippen LogP contribution in [0.3, 0.4) is 0 Å². The van der Waals surface area contributed by atoms with Crippen molar-refractivity contribution in [1.29, 1.82) is 0 Å². The Bertz CT molecular complexity index is 669. The molecule has 19 heavy (non-hydrogen) atoms. The molecule has 0 atom stereocenters. The van der Waals surface area contributed by atoms with E-state index in [1.165, 1.54) is 0 Å². The molecule has 0 radical (unpaired) electrons. The molecule has 0 aliphatic heterocycles. The van der Waals surface area contributed by atoms with E-state index in [0.29, 0.717) is 5.69 Å². The molecule has 0 saturated carbocycles. The quantitative estimate of drug-likeness (QED) is 0.792. The van der Waals surface area contributed by atoms with Gasteiger partial charge in [-0.05, 0) is 65.1 Å². The van der Waals surface area contributed by atoms with Gasteiger partial charge in [-0.3, -0.25) is 4.72 Å². The first kappa shape index (κ1) is 14.1. The van der Waals surface area contributed by atoms with Gasteiger partial charge in [0.1, 0.15) is 0 Å². The Morgan fingerprint density at radius 1 is 1.00 bits per heavy atom. The summed E-state index contributed by atoms with van der Waals surface area (Å²) >= 11 is 2.14. The van der Waals surface area contributed by atoms with Crippen molar-refractivity contribution in [3.8, 4) is 0 Å². The molecule has 0 bridgehead atoms. The van der Waals surface area contributed by atoms with E-state index in [2.05, 4.69) is 32.6 Å². The first-order chi connectivity index (χ1) is 9.01. The summed E-state index contributed by atoms with van der Waals surface area (Å²) in [5.74, 6) is 0. The van der Waals surface area contributed by atoms with Crippen molar-refractivity contribution >= 4 is 44.0 Å². The third kappa shape index (κ3) is 3.60. The van der Waals surface area contributed by atoms with Crippen LogP contribution >= 0.6 is 22.6 Å². The van der Waals surface area contributed by atoms with Crippen molar-refractivity contribution in [2.75, 3.05) is 17.1 Å². The highest BCUT2D eigenvalue weighted by atomic mass is 127. The number of sulfonamides is 1. The lowest BCUT2D eigenvalue weighted by molar-refractivity contribution is 0.601. The molecule has 0 fully saturated rings. The second-order valence-corrected chi connectivity index (χ2v) is 6.82. The minimum atomic E-state index is -3.54. The lowest BCUT2D eigenvalue weighted by Crippen LogP contribution is -2.12. The third-order valence-electron chi connectivity index (χ3n) is 2.53. The van der Waals surface area contributed by atoms with E-state index in [-0.39, 0.29) is 4.90 Å². The molecule has 0 unspecified atom stereocenters. The Labute approximate surface area is 126 Å². The summed E-state index contributed by atoms with van der Waals surface area (Å²) in [7, 11) is -1.75. The van der Waals surface area contributed by atoms with Crippen LogP contribution in [0.1, 0.15) is 0 Å². The minimum absolute atomic E-state index is 0.241. The molecule has 0 aliphatic rings. The Hall–Kier alpha value is -1.28. The topological polar surface area (TPSA) is 58.2 Å². The van der Waals surface area contributed by atoms with Crippen LogP contribution in [0.15, 0.2) is 53.4 Å². The van der Waals surface area contributed by atoms with Crippen molar-refractivity contribution in [2.24, 2.45) is 0 Å². The molecule has 2 N–H and O–H groups in total. The van der Waals surface area contributed by atoms with E-state index in [1.54, 1.807) is 43.4 Å². The molecule has 6 heteroatoms. The predicted octanol–water partition coefficient (Wildman–Crippen LogP) is 3.13. The van der Waals surface area contributed by atoms with Crippen LogP contribution in [0.25, 0.3) is 0 Å². The summed E-state index contributed by atoms with van der Waals surface area (Å²) in [6.07, 6.45) is 0. The third-order valence-corrected chi connectivity index (χ3v) is 4.60. The number of halogens is 1. The Balaban J connectivity index is 2.27. The maximum absolute atomic E-state index is 12.2. The molecule has 0 heterocycles. The molecule has 0 aromatic heterocycles. The summed E-state index contributed by atoms with van der Waals surface area (Å²) in [6, 6.07) is 13.8. The highest BCUT2D eigenvalue weighted by molar-refractivity contribution is 14.1. The zero-order valence-electron chi connectivity index (χ0n) is 10.2. The number of benzene rings is 2. The molecule has 2 aromatic carbocycles. The van der Waals surface area contributed by atoms with Gasteiger partial charge in [-0.15, -0.1) is 0 Å². The molecular formula is C13H13IN2O2S. The zero-order valence-corrected chi connectivity index (χ0v) is 13.2. The molecule has 0 amide bonds. The van der Waals surface area contributed by atoms with Crippen molar-refractivity contribution in [3.05, 3.63) is 52.1 Å². The average molecular weight is 388 g/mol. The fraction of sp³-hybridized carbons (Fsp3) is 0.0769. The van der Waals surface area contributed by atoms with Crippen molar-refractivity contribution in [3.63, 3.8) is 0 Å². The smallest absolute Gasteiger partial charge is 0.261 e. The molecule has 0 aliphatic carbocycles. The number of hydrogen-bond donors (Lipinski definition) is 2. The normalized spacial score (nSPS) is 11.1. The summed E-state index contributed by atoms with van der Waals surface area (Å²) < 4.78 is 27.9. The summed E-state index contributed by atoms with van der Waals surface area (Å²) in [5.41, 5.74) is 1.43. The standard InChI is InChI=1S/C13H13IN2O2S/c1-15-11-5-7-13(8-6-11)19(17,18)16-12-4-2-3-10(14)9-12/h2-9,15-16H,1H3. The Kier molecular flexibility index (Phi) is 4.31. The number of rotatable bonds is 4. The lowest BCUT2D eigenvalue weighted by atomic mass is 10.3. The van der Waals surface area contributed by atoms with Crippen LogP contribution in [-0.4, -0.2) is 15.5 Å². The molecule has 100 valence electrons. The van der Waals surface area contributed by atoms with Crippen LogP contribution in [0.5, 0.6) is 0 Å². The molecule has 0 saturated heterocycles. The SMILES string of the molecule is CNc1ccc(S(=O)(=O)Nc2cccc(I)c2)cc1. The van der Waals surface area contributed by atoms with Gasteiger partial charge in [-0.1, -0.05) is 6.07 Å². The van der Waals surface area contributed by atoms with Crippen LogP contribution in [0, 0.1) is 3.57 Å². The highest BCUT2D eigenvalue weighted by Gasteiger charge is 2.13. The van der Waals surface area contributed by atoms with Gasteiger partial charge >= 0.3 is 0 Å². The van der Waals surface area contributed by atoms with E-state index < -0.39 is 10.0 Å². The van der Waals surface area contributed by atoms with Crippen LogP contribution in [0.2, 0.25) is 0 Å². The summed E-state index contributed by atoms with van der Waals surface area (Å²) in [4.78, 5) is 0.241. The zero-order chi connectivity index (χ0) is 13.9. The fourth-order valence-electron chi connectivity index (χ4n) is 1.57. The van der Waals surface area contributed by atoms with Crippen LogP contribution in [0.4, 0.5) is 11.4 Å². The van der Waals surface area contributed by atoms with Crippen LogP contribution < -0.4 is 10.0 Å². The van der Waals surface area contributed by atoms with E-state index >= 15 is 0 Å². The van der Waals surface area contributed by atoms with Crippen molar-refractivity contribution < 1.29 is 8.42 Å². The Morgan fingerprint density at radius 3 is 2.26 bits per heavy atom. The van der Waals surface area contributed by atoms with E-state index in [9.17, 15) is 8.42 Å².